The van der Waals surface area contributed by atoms with Crippen LogP contribution < -0.4 is 9.47 Å². The van der Waals surface area contributed by atoms with Gasteiger partial charge in [0.2, 0.25) is 5.78 Å². The number of rotatable bonds is 5. The molecule has 144 valence electrons. The largest absolute Gasteiger partial charge is 0.489 e. The minimum atomic E-state index is -0.446. The van der Waals surface area contributed by atoms with Crippen LogP contribution in [0.5, 0.6) is 11.5 Å². The van der Waals surface area contributed by atoms with Gasteiger partial charge >= 0.3 is 0 Å². The van der Waals surface area contributed by atoms with Crippen molar-refractivity contribution < 1.29 is 19.2 Å². The van der Waals surface area contributed by atoms with Crippen molar-refractivity contribution in [3.05, 3.63) is 104 Å². The highest BCUT2D eigenvalue weighted by Crippen LogP contribution is 2.35. The molecular weight excluding hydrogens is 438 g/mol. The van der Waals surface area contributed by atoms with E-state index in [0.717, 1.165) is 15.6 Å². The van der Waals surface area contributed by atoms with Crippen LogP contribution in [0.3, 0.4) is 0 Å². The third-order valence-electron chi connectivity index (χ3n) is 4.34. The van der Waals surface area contributed by atoms with E-state index in [-0.39, 0.29) is 23.8 Å². The molecule has 1 aliphatic rings. The molecular formula is C22H14BrNO5. The minimum absolute atomic E-state index is 0.0305. The van der Waals surface area contributed by atoms with E-state index >= 15 is 0 Å². The highest BCUT2D eigenvalue weighted by molar-refractivity contribution is 9.10. The Morgan fingerprint density at radius 1 is 1.07 bits per heavy atom. The van der Waals surface area contributed by atoms with Crippen molar-refractivity contribution in [1.29, 1.82) is 0 Å². The molecule has 0 bridgehead atoms. The summed E-state index contributed by atoms with van der Waals surface area (Å²) >= 11 is 3.41. The second kappa shape index (κ2) is 7.89. The van der Waals surface area contributed by atoms with Gasteiger partial charge in [-0.15, -0.1) is 0 Å². The van der Waals surface area contributed by atoms with Crippen LogP contribution in [0.25, 0.3) is 6.08 Å². The summed E-state index contributed by atoms with van der Waals surface area (Å²) in [4.78, 5) is 22.8. The highest BCUT2D eigenvalue weighted by Gasteiger charge is 2.27. The molecule has 4 rings (SSSR count). The second-order valence-corrected chi connectivity index (χ2v) is 7.28. The lowest BCUT2D eigenvalue weighted by molar-refractivity contribution is -0.384. The number of ether oxygens (including phenoxy) is 2. The van der Waals surface area contributed by atoms with Crippen LogP contribution >= 0.6 is 15.9 Å². The monoisotopic (exact) mass is 451 g/mol. The van der Waals surface area contributed by atoms with Gasteiger partial charge in [-0.25, -0.2) is 0 Å². The fourth-order valence-electron chi connectivity index (χ4n) is 2.89. The topological polar surface area (TPSA) is 78.7 Å². The van der Waals surface area contributed by atoms with Crippen molar-refractivity contribution in [3.8, 4) is 11.5 Å². The Morgan fingerprint density at radius 3 is 2.59 bits per heavy atom. The molecule has 6 nitrogen and oxygen atoms in total. The lowest BCUT2D eigenvalue weighted by atomic mass is 10.1. The van der Waals surface area contributed by atoms with Gasteiger partial charge in [0.1, 0.15) is 18.1 Å². The molecule has 1 heterocycles. The van der Waals surface area contributed by atoms with Crippen LogP contribution in [0.1, 0.15) is 21.5 Å². The van der Waals surface area contributed by atoms with Gasteiger partial charge in [0, 0.05) is 22.7 Å². The van der Waals surface area contributed by atoms with Crippen LogP contribution in [-0.4, -0.2) is 10.7 Å². The Labute approximate surface area is 174 Å². The molecule has 0 radical (unpaired) electrons. The van der Waals surface area contributed by atoms with Gasteiger partial charge in [-0.2, -0.15) is 0 Å². The number of nitrogens with zero attached hydrogens (tertiary/aromatic N) is 1. The van der Waals surface area contributed by atoms with Gasteiger partial charge in [-0.1, -0.05) is 28.1 Å². The first kappa shape index (κ1) is 18.9. The molecule has 0 unspecified atom stereocenters. The first-order valence-electron chi connectivity index (χ1n) is 8.69. The normalized spacial score (nSPS) is 13.8. The number of carbonyl (C=O) groups excluding carboxylic acids is 1. The number of non-ortho nitro benzene ring substituents is 1. The number of ketones is 1. The Balaban J connectivity index is 1.48. The summed E-state index contributed by atoms with van der Waals surface area (Å²) in [6.45, 7) is 0.242. The quantitative estimate of drug-likeness (QED) is 0.288. The first-order valence-corrected chi connectivity index (χ1v) is 9.49. The van der Waals surface area contributed by atoms with Crippen molar-refractivity contribution in [2.75, 3.05) is 0 Å². The van der Waals surface area contributed by atoms with Crippen LogP contribution in [-0.2, 0) is 6.61 Å². The lowest BCUT2D eigenvalue weighted by Crippen LogP contribution is -1.98. The van der Waals surface area contributed by atoms with E-state index in [9.17, 15) is 14.9 Å². The van der Waals surface area contributed by atoms with E-state index in [4.69, 9.17) is 9.47 Å². The summed E-state index contributed by atoms with van der Waals surface area (Å²) in [5.41, 5.74) is 2.16. The maximum Gasteiger partial charge on any atom is 0.269 e. The summed E-state index contributed by atoms with van der Waals surface area (Å²) < 4.78 is 12.4. The average molecular weight is 452 g/mol. The van der Waals surface area contributed by atoms with Crippen molar-refractivity contribution in [3.63, 3.8) is 0 Å². The molecule has 0 fully saturated rings. The molecule has 0 amide bonds. The molecule has 0 spiro atoms. The summed E-state index contributed by atoms with van der Waals surface area (Å²) in [7, 11) is 0. The van der Waals surface area contributed by atoms with E-state index in [0.29, 0.717) is 17.1 Å². The Morgan fingerprint density at radius 2 is 1.86 bits per heavy atom. The van der Waals surface area contributed by atoms with Crippen molar-refractivity contribution >= 4 is 33.5 Å². The SMILES string of the molecule is O=C1/C(=C/c2cccc(Br)c2)Oc2cc(OCc3ccc([N+](=O)[O-])cc3)ccc21. The summed E-state index contributed by atoms with van der Waals surface area (Å²) in [6, 6.07) is 18.8. The van der Waals surface area contributed by atoms with E-state index in [1.54, 1.807) is 36.4 Å². The zero-order valence-electron chi connectivity index (χ0n) is 15.0. The maximum atomic E-state index is 12.6. The van der Waals surface area contributed by atoms with Crippen LogP contribution in [0.15, 0.2) is 77.0 Å². The number of nitro groups is 1. The van der Waals surface area contributed by atoms with Gasteiger partial charge in [-0.3, -0.25) is 14.9 Å². The number of hydrogen-bond donors (Lipinski definition) is 0. The van der Waals surface area contributed by atoms with Crippen LogP contribution in [0, 0.1) is 10.1 Å². The molecule has 7 heteroatoms. The molecule has 1 aliphatic heterocycles. The number of nitro benzene ring substituents is 1. The predicted octanol–water partition coefficient (Wildman–Crippen LogP) is 5.55. The Hall–Kier alpha value is -3.45. The molecule has 0 atom stereocenters. The molecule has 3 aromatic carbocycles. The van der Waals surface area contributed by atoms with E-state index in [2.05, 4.69) is 15.9 Å². The summed E-state index contributed by atoms with van der Waals surface area (Å²) in [6.07, 6.45) is 1.70. The van der Waals surface area contributed by atoms with E-state index in [1.807, 2.05) is 24.3 Å². The first-order chi connectivity index (χ1) is 14.0. The Kier molecular flexibility index (Phi) is 5.14. The lowest BCUT2D eigenvalue weighted by Gasteiger charge is -2.07. The van der Waals surface area contributed by atoms with E-state index in [1.165, 1.54) is 12.1 Å². The highest BCUT2D eigenvalue weighted by atomic mass is 79.9. The van der Waals surface area contributed by atoms with Crippen molar-refractivity contribution in [2.24, 2.45) is 0 Å². The number of allylic oxidation sites excluding steroid dienone is 1. The third-order valence-corrected chi connectivity index (χ3v) is 4.83. The van der Waals surface area contributed by atoms with Gasteiger partial charge in [0.15, 0.2) is 5.76 Å². The summed E-state index contributed by atoms with van der Waals surface area (Å²) in [5, 5.41) is 10.7. The Bertz CT molecular complexity index is 1140. The minimum Gasteiger partial charge on any atom is -0.489 e. The number of carbonyl (C=O) groups is 1. The number of fused-ring (bicyclic) bond motifs is 1. The number of halogens is 1. The molecule has 0 aromatic heterocycles. The fraction of sp³-hybridized carbons (Fsp3) is 0.0455. The molecule has 3 aromatic rings. The number of hydrogen-bond acceptors (Lipinski definition) is 5. The van der Waals surface area contributed by atoms with Crippen molar-refractivity contribution in [1.82, 2.24) is 0 Å². The van der Waals surface area contributed by atoms with E-state index < -0.39 is 4.92 Å². The third kappa shape index (κ3) is 4.20. The number of benzene rings is 3. The zero-order chi connectivity index (χ0) is 20.4. The van der Waals surface area contributed by atoms with Crippen LogP contribution in [0.2, 0.25) is 0 Å². The zero-order valence-corrected chi connectivity index (χ0v) is 16.6. The molecule has 0 saturated carbocycles. The van der Waals surface area contributed by atoms with Crippen LogP contribution in [0.4, 0.5) is 5.69 Å². The van der Waals surface area contributed by atoms with Gasteiger partial charge < -0.3 is 9.47 Å². The fourth-order valence-corrected chi connectivity index (χ4v) is 3.30. The van der Waals surface area contributed by atoms with Gasteiger partial charge in [0.25, 0.3) is 5.69 Å². The standard InChI is InChI=1S/C22H14BrNO5/c23-16-3-1-2-15(10-16)11-21-22(25)19-9-8-18(12-20(19)29-21)28-13-14-4-6-17(7-5-14)24(26)27/h1-12H,13H2/b21-11-. The average Bonchev–Trinajstić information content (AvgIpc) is 3.01. The molecule has 0 aliphatic carbocycles. The number of Topliss-reactive ketones (excluding diaryl/α,β-unsaturated/α-hetero) is 1. The smallest absolute Gasteiger partial charge is 0.269 e. The predicted molar refractivity (Wildman–Crippen MR) is 111 cm³/mol. The molecule has 0 saturated heterocycles. The summed E-state index contributed by atoms with van der Waals surface area (Å²) in [5.74, 6) is 1.06. The molecule has 0 N–H and O–H groups in total. The second-order valence-electron chi connectivity index (χ2n) is 6.36. The maximum absolute atomic E-state index is 12.6. The molecule has 29 heavy (non-hydrogen) atoms. The van der Waals surface area contributed by atoms with Gasteiger partial charge in [-0.05, 0) is 53.6 Å². The van der Waals surface area contributed by atoms with Gasteiger partial charge in [0.05, 0.1) is 10.5 Å². The van der Waals surface area contributed by atoms with Crippen molar-refractivity contribution in [2.45, 2.75) is 6.61 Å².